The maximum absolute atomic E-state index is 12.5. The summed E-state index contributed by atoms with van der Waals surface area (Å²) in [6.45, 7) is 12.5. The molecule has 0 radical (unpaired) electrons. The van der Waals surface area contributed by atoms with E-state index in [1.807, 2.05) is 18.2 Å². The van der Waals surface area contributed by atoms with Crippen LogP contribution in [-0.2, 0) is 9.47 Å². The van der Waals surface area contributed by atoms with Gasteiger partial charge >= 0.3 is 6.16 Å². The quantitative estimate of drug-likeness (QED) is 0.204. The highest BCUT2D eigenvalue weighted by Gasteiger charge is 2.76. The number of carbonyl (C=O) groups is 1. The van der Waals surface area contributed by atoms with Gasteiger partial charge in [0.05, 0.1) is 6.10 Å². The van der Waals surface area contributed by atoms with E-state index in [0.717, 1.165) is 54.8 Å². The van der Waals surface area contributed by atoms with Crippen LogP contribution in [0.15, 0.2) is 30.3 Å². The summed E-state index contributed by atoms with van der Waals surface area (Å²) in [6.07, 6.45) is 13.5. The summed E-state index contributed by atoms with van der Waals surface area (Å²) in [5.41, 5.74) is 0.608. The molecule has 1 aliphatic heterocycles. The Morgan fingerprint density at radius 3 is 2.55 bits per heavy atom. The van der Waals surface area contributed by atoms with E-state index in [0.29, 0.717) is 17.3 Å². The Kier molecular flexibility index (Phi) is 6.89. The van der Waals surface area contributed by atoms with Gasteiger partial charge in [-0.1, -0.05) is 72.1 Å². The number of ether oxygens (including phenoxy) is 3. The molecule has 4 saturated carbocycles. The van der Waals surface area contributed by atoms with Crippen LogP contribution in [0.5, 0.6) is 5.75 Å². The topological polar surface area (TPSA) is 48.1 Å². The molecule has 6 rings (SSSR count). The minimum atomic E-state index is -0.583. The molecule has 1 heterocycles. The van der Waals surface area contributed by atoms with E-state index in [2.05, 4.69) is 34.6 Å². The van der Waals surface area contributed by atoms with E-state index < -0.39 is 6.16 Å². The number of hydrogen-bond acceptors (Lipinski definition) is 4. The highest BCUT2D eigenvalue weighted by atomic mass is 16.7. The van der Waals surface area contributed by atoms with Gasteiger partial charge in [-0.25, -0.2) is 4.79 Å². The summed E-state index contributed by atoms with van der Waals surface area (Å²) < 4.78 is 18.0. The number of benzene rings is 1. The Labute approximate surface area is 230 Å². The van der Waals surface area contributed by atoms with E-state index >= 15 is 0 Å². The summed E-state index contributed by atoms with van der Waals surface area (Å²) in [5.74, 6) is 5.49. The lowest BCUT2D eigenvalue weighted by Crippen LogP contribution is -2.59. The first kappa shape index (κ1) is 26.7. The molecule has 0 aromatic heterocycles. The fourth-order valence-corrected chi connectivity index (χ4v) is 10.5. The van der Waals surface area contributed by atoms with Gasteiger partial charge in [-0.2, -0.15) is 0 Å². The Morgan fingerprint density at radius 1 is 1.00 bits per heavy atom. The van der Waals surface area contributed by atoms with Gasteiger partial charge in [-0.3, -0.25) is 0 Å². The molecule has 0 N–H and O–H groups in total. The smallest absolute Gasteiger partial charge is 0.431 e. The first-order valence-corrected chi connectivity index (χ1v) is 15.8. The van der Waals surface area contributed by atoms with Crippen LogP contribution in [0.25, 0.3) is 0 Å². The molecule has 5 fully saturated rings. The number of epoxide rings is 1. The van der Waals surface area contributed by atoms with E-state index in [-0.39, 0.29) is 17.1 Å². The second-order valence-corrected chi connectivity index (χ2v) is 14.7. The molecule has 1 saturated heterocycles. The molecule has 10 atom stereocenters. The minimum absolute atomic E-state index is 0.0972. The van der Waals surface area contributed by atoms with Crippen LogP contribution in [0, 0.1) is 46.3 Å². The van der Waals surface area contributed by atoms with Gasteiger partial charge < -0.3 is 14.2 Å². The lowest BCUT2D eigenvalue weighted by Gasteiger charge is -2.59. The van der Waals surface area contributed by atoms with Crippen LogP contribution in [-0.4, -0.2) is 24.0 Å². The van der Waals surface area contributed by atoms with Crippen LogP contribution >= 0.6 is 0 Å². The molecule has 4 nitrogen and oxygen atoms in total. The monoisotopic (exact) mass is 522 g/mol. The molecule has 1 aromatic rings. The number of carbonyl (C=O) groups excluding carboxylic acids is 1. The number of rotatable bonds is 7. The Balaban J connectivity index is 1.11. The highest BCUT2D eigenvalue weighted by molar-refractivity contribution is 5.64. The van der Waals surface area contributed by atoms with Crippen LogP contribution in [0.4, 0.5) is 4.79 Å². The molecular formula is C34H50O4. The highest BCUT2D eigenvalue weighted by Crippen LogP contribution is 2.74. The summed E-state index contributed by atoms with van der Waals surface area (Å²) in [4.78, 5) is 12.5. The Bertz CT molecular complexity index is 1010. The second kappa shape index (κ2) is 9.82. The SMILES string of the molecule is CC(C)CCCC(C)[C@H]1CC[C@H]2[C@@H]3C[C@H]4OC45C[C@@H](OC(=O)Oc4ccccc4)CC[C@]5(C)[C@H]3CC[C@]12C. The van der Waals surface area contributed by atoms with Crippen molar-refractivity contribution in [3.05, 3.63) is 30.3 Å². The van der Waals surface area contributed by atoms with Crippen molar-refractivity contribution in [2.45, 2.75) is 123 Å². The van der Waals surface area contributed by atoms with Crippen molar-refractivity contribution in [2.24, 2.45) is 46.3 Å². The Morgan fingerprint density at radius 2 is 1.79 bits per heavy atom. The van der Waals surface area contributed by atoms with Gasteiger partial charge in [0.1, 0.15) is 17.5 Å². The third kappa shape index (κ3) is 4.32. The molecule has 4 heteroatoms. The average Bonchev–Trinajstić information content (AvgIpc) is 3.45. The van der Waals surface area contributed by atoms with Gasteiger partial charge in [0, 0.05) is 11.8 Å². The van der Waals surface area contributed by atoms with Crippen molar-refractivity contribution in [3.8, 4) is 5.75 Å². The summed E-state index contributed by atoms with van der Waals surface area (Å²) in [6, 6.07) is 9.22. The molecule has 4 aliphatic carbocycles. The number of para-hydroxylation sites is 1. The lowest BCUT2D eigenvalue weighted by molar-refractivity contribution is -0.119. The first-order valence-electron chi connectivity index (χ1n) is 15.8. The molecule has 2 unspecified atom stereocenters. The van der Waals surface area contributed by atoms with Gasteiger partial charge in [0.2, 0.25) is 0 Å². The summed E-state index contributed by atoms with van der Waals surface area (Å²) in [5, 5.41) is 0. The van der Waals surface area contributed by atoms with Crippen molar-refractivity contribution >= 4 is 6.16 Å². The van der Waals surface area contributed by atoms with Crippen LogP contribution < -0.4 is 4.74 Å². The third-order valence-corrected chi connectivity index (χ3v) is 12.4. The first-order chi connectivity index (χ1) is 18.2. The fraction of sp³-hybridized carbons (Fsp3) is 0.794. The maximum atomic E-state index is 12.5. The van der Waals surface area contributed by atoms with Crippen molar-refractivity contribution < 1.29 is 19.0 Å². The average molecular weight is 523 g/mol. The molecule has 0 amide bonds. The zero-order valence-corrected chi connectivity index (χ0v) is 24.4. The van der Waals surface area contributed by atoms with E-state index in [1.165, 1.54) is 51.4 Å². The second-order valence-electron chi connectivity index (χ2n) is 14.7. The van der Waals surface area contributed by atoms with Crippen molar-refractivity contribution in [1.82, 2.24) is 0 Å². The van der Waals surface area contributed by atoms with Crippen molar-refractivity contribution in [2.75, 3.05) is 0 Å². The molecule has 1 aromatic carbocycles. The molecule has 0 bridgehead atoms. The van der Waals surface area contributed by atoms with Crippen LogP contribution in [0.2, 0.25) is 0 Å². The maximum Gasteiger partial charge on any atom is 0.514 e. The largest absolute Gasteiger partial charge is 0.514 e. The minimum Gasteiger partial charge on any atom is -0.431 e. The third-order valence-electron chi connectivity index (χ3n) is 12.4. The van der Waals surface area contributed by atoms with Crippen molar-refractivity contribution in [1.29, 1.82) is 0 Å². The van der Waals surface area contributed by atoms with E-state index in [1.54, 1.807) is 12.1 Å². The molecule has 210 valence electrons. The van der Waals surface area contributed by atoms with Gasteiger partial charge in [-0.05, 0) is 98.0 Å². The van der Waals surface area contributed by atoms with Gasteiger partial charge in [0.25, 0.3) is 0 Å². The normalized spacial score (nSPS) is 43.8. The van der Waals surface area contributed by atoms with Crippen LogP contribution in [0.1, 0.15) is 105 Å². The number of fused-ring (bicyclic) bond motifs is 4. The molecule has 38 heavy (non-hydrogen) atoms. The Hall–Kier alpha value is -1.55. The lowest BCUT2D eigenvalue weighted by atomic mass is 9.44. The fourth-order valence-electron chi connectivity index (χ4n) is 10.5. The predicted molar refractivity (Wildman–Crippen MR) is 150 cm³/mol. The van der Waals surface area contributed by atoms with Crippen LogP contribution in [0.3, 0.4) is 0 Å². The summed E-state index contributed by atoms with van der Waals surface area (Å²) in [7, 11) is 0. The standard InChI is InChI=1S/C34H50O4/c1-22(2)10-9-11-23(3)27-14-15-28-26-20-30-34(38-30)21-25(37-31(35)36-24-12-7-6-8-13-24)16-19-33(34,5)29(26)17-18-32(27,28)4/h6-8,12-13,22-23,25-30H,9-11,14-21H2,1-5H3/t23?,25-,26-,27+,28-,29-,30+,32+,33+,34?/m0/s1. The van der Waals surface area contributed by atoms with Gasteiger partial charge in [-0.15, -0.1) is 0 Å². The molecular weight excluding hydrogens is 472 g/mol. The van der Waals surface area contributed by atoms with Crippen molar-refractivity contribution in [3.63, 3.8) is 0 Å². The van der Waals surface area contributed by atoms with E-state index in [9.17, 15) is 4.79 Å². The zero-order chi connectivity index (χ0) is 26.7. The summed E-state index contributed by atoms with van der Waals surface area (Å²) >= 11 is 0. The predicted octanol–water partition coefficient (Wildman–Crippen LogP) is 8.82. The zero-order valence-electron chi connectivity index (χ0n) is 24.4. The molecule has 5 aliphatic rings. The van der Waals surface area contributed by atoms with Gasteiger partial charge in [0.15, 0.2) is 0 Å². The van der Waals surface area contributed by atoms with E-state index in [4.69, 9.17) is 14.2 Å². The molecule has 1 spiro atoms. The number of hydrogen-bond donors (Lipinski definition) is 0.